The lowest BCUT2D eigenvalue weighted by molar-refractivity contribution is -0.149. The van der Waals surface area contributed by atoms with Crippen LogP contribution in [0.1, 0.15) is 17.5 Å². The van der Waals surface area contributed by atoms with Gasteiger partial charge in [0.25, 0.3) is 0 Å². The second kappa shape index (κ2) is 7.62. The largest absolute Gasteiger partial charge is 0.508 e. The fraction of sp³-hybridized carbons (Fsp3) is 0.227. The molecule has 1 fully saturated rings. The number of aromatic hydroxyl groups is 1. The maximum atomic E-state index is 14.0. The third-order valence-corrected chi connectivity index (χ3v) is 5.19. The number of phenols is 1. The fourth-order valence-corrected chi connectivity index (χ4v) is 3.57. The number of hydrogen-bond donors (Lipinski definition) is 1. The smallest absolute Gasteiger partial charge is 0.336 e. The summed E-state index contributed by atoms with van der Waals surface area (Å²) in [4.78, 5) is 37.9. The third-order valence-electron chi connectivity index (χ3n) is 5.19. The molecule has 0 unspecified atom stereocenters. The highest BCUT2D eigenvalue weighted by atomic mass is 19.1. The molecule has 1 aliphatic rings. The van der Waals surface area contributed by atoms with Crippen LogP contribution in [-0.4, -0.2) is 23.5 Å². The number of rotatable bonds is 4. The highest BCUT2D eigenvalue weighted by Crippen LogP contribution is 2.30. The normalized spacial score (nSPS) is 16.3. The molecule has 1 N–H and O–H groups in total. The van der Waals surface area contributed by atoms with Gasteiger partial charge in [-0.15, -0.1) is 0 Å². The maximum Gasteiger partial charge on any atom is 0.336 e. The number of esters is 1. The molecule has 0 saturated carbocycles. The van der Waals surface area contributed by atoms with Crippen LogP contribution in [0.2, 0.25) is 0 Å². The van der Waals surface area contributed by atoms with E-state index < -0.39 is 23.3 Å². The van der Waals surface area contributed by atoms with Crippen molar-refractivity contribution in [3.05, 3.63) is 69.8 Å². The van der Waals surface area contributed by atoms with Crippen LogP contribution in [0.4, 0.5) is 10.1 Å². The van der Waals surface area contributed by atoms with Crippen LogP contribution >= 0.6 is 0 Å². The van der Waals surface area contributed by atoms with Gasteiger partial charge >= 0.3 is 11.6 Å². The second-order valence-electron chi connectivity index (χ2n) is 7.14. The lowest BCUT2D eigenvalue weighted by Crippen LogP contribution is -2.27. The van der Waals surface area contributed by atoms with Gasteiger partial charge in [0, 0.05) is 35.5 Å². The summed E-state index contributed by atoms with van der Waals surface area (Å²) in [6.07, 6.45) is -0.0855. The number of phenolic OH excluding ortho intramolecular Hbond substituents is 1. The number of amides is 1. The zero-order valence-corrected chi connectivity index (χ0v) is 16.1. The molecule has 1 atom stereocenters. The topological polar surface area (TPSA) is 97.0 Å². The molecule has 3 aromatic rings. The molecule has 1 amide bonds. The number of nitrogens with zero attached hydrogens (tertiary/aromatic N) is 1. The quantitative estimate of drug-likeness (QED) is 0.524. The Morgan fingerprint density at radius 3 is 2.80 bits per heavy atom. The molecule has 1 aliphatic heterocycles. The number of anilines is 1. The first-order chi connectivity index (χ1) is 14.3. The van der Waals surface area contributed by atoms with Crippen molar-refractivity contribution in [3.63, 3.8) is 0 Å². The first-order valence-corrected chi connectivity index (χ1v) is 9.32. The molecule has 2 aromatic carbocycles. The van der Waals surface area contributed by atoms with Gasteiger partial charge in [-0.1, -0.05) is 12.1 Å². The number of halogens is 1. The van der Waals surface area contributed by atoms with Crippen molar-refractivity contribution in [2.24, 2.45) is 5.92 Å². The van der Waals surface area contributed by atoms with Crippen LogP contribution in [0.25, 0.3) is 11.0 Å². The third kappa shape index (κ3) is 3.52. The number of fused-ring (bicyclic) bond motifs is 1. The van der Waals surface area contributed by atoms with Gasteiger partial charge in [0.05, 0.1) is 11.6 Å². The minimum Gasteiger partial charge on any atom is -0.508 e. The highest BCUT2D eigenvalue weighted by Gasteiger charge is 2.37. The number of aryl methyl sites for hydroxylation is 1. The molecule has 0 aliphatic carbocycles. The van der Waals surface area contributed by atoms with Gasteiger partial charge in [0.15, 0.2) is 0 Å². The fourth-order valence-electron chi connectivity index (χ4n) is 3.57. The Morgan fingerprint density at radius 2 is 2.03 bits per heavy atom. The van der Waals surface area contributed by atoms with Gasteiger partial charge < -0.3 is 19.2 Å². The average molecular weight is 411 g/mol. The molecule has 1 aromatic heterocycles. The summed E-state index contributed by atoms with van der Waals surface area (Å²) in [5.41, 5.74) is 0.534. The van der Waals surface area contributed by atoms with Crippen LogP contribution in [0, 0.1) is 18.7 Å². The summed E-state index contributed by atoms with van der Waals surface area (Å²) in [6, 6.07) is 10.1. The van der Waals surface area contributed by atoms with Crippen molar-refractivity contribution < 1.29 is 28.2 Å². The van der Waals surface area contributed by atoms with E-state index in [4.69, 9.17) is 9.15 Å². The SMILES string of the molecule is Cc1c(O)ccc2c(COC(=O)[C@H]3CC(=O)N(c4ccccc4F)C3)cc(=O)oc12. The van der Waals surface area contributed by atoms with Crippen LogP contribution in [0.5, 0.6) is 5.75 Å². The maximum absolute atomic E-state index is 14.0. The van der Waals surface area contributed by atoms with E-state index >= 15 is 0 Å². The monoisotopic (exact) mass is 411 g/mol. The molecule has 30 heavy (non-hydrogen) atoms. The van der Waals surface area contributed by atoms with E-state index in [0.717, 1.165) is 0 Å². The molecule has 2 heterocycles. The zero-order chi connectivity index (χ0) is 21.4. The Hall–Kier alpha value is -3.68. The van der Waals surface area contributed by atoms with Crippen molar-refractivity contribution in [1.29, 1.82) is 0 Å². The van der Waals surface area contributed by atoms with Crippen LogP contribution in [0.3, 0.4) is 0 Å². The van der Waals surface area contributed by atoms with Gasteiger partial charge in [-0.05, 0) is 31.2 Å². The van der Waals surface area contributed by atoms with Gasteiger partial charge in [-0.2, -0.15) is 0 Å². The minimum atomic E-state index is -0.741. The van der Waals surface area contributed by atoms with E-state index in [2.05, 4.69) is 0 Å². The van der Waals surface area contributed by atoms with Crippen LogP contribution in [0.15, 0.2) is 51.7 Å². The van der Waals surface area contributed by atoms with Crippen molar-refractivity contribution in [2.75, 3.05) is 11.4 Å². The molecule has 1 saturated heterocycles. The summed E-state index contributed by atoms with van der Waals surface area (Å²) < 4.78 is 24.5. The number of hydrogen-bond acceptors (Lipinski definition) is 6. The van der Waals surface area contributed by atoms with Crippen molar-refractivity contribution >= 4 is 28.5 Å². The van der Waals surface area contributed by atoms with E-state index in [0.29, 0.717) is 16.5 Å². The van der Waals surface area contributed by atoms with E-state index in [1.807, 2.05) is 0 Å². The Balaban J connectivity index is 1.51. The Bertz CT molecular complexity index is 1220. The van der Waals surface area contributed by atoms with Crippen molar-refractivity contribution in [2.45, 2.75) is 20.0 Å². The molecular weight excluding hydrogens is 393 g/mol. The van der Waals surface area contributed by atoms with Gasteiger partial charge in [-0.25, -0.2) is 9.18 Å². The summed E-state index contributed by atoms with van der Waals surface area (Å²) in [5, 5.41) is 10.3. The average Bonchev–Trinajstić information content (AvgIpc) is 3.11. The Labute approximate surface area is 170 Å². The lowest BCUT2D eigenvalue weighted by atomic mass is 10.1. The predicted octanol–water partition coefficient (Wildman–Crippen LogP) is 3.04. The van der Waals surface area contributed by atoms with E-state index in [-0.39, 0.29) is 42.5 Å². The van der Waals surface area contributed by atoms with Crippen molar-refractivity contribution in [1.82, 2.24) is 0 Å². The molecule has 0 spiro atoms. The summed E-state index contributed by atoms with van der Waals surface area (Å²) in [7, 11) is 0. The molecule has 8 heteroatoms. The van der Waals surface area contributed by atoms with Crippen LogP contribution in [-0.2, 0) is 20.9 Å². The lowest BCUT2D eigenvalue weighted by Gasteiger charge is -2.17. The van der Waals surface area contributed by atoms with E-state index in [1.165, 1.54) is 35.2 Å². The van der Waals surface area contributed by atoms with E-state index in [1.54, 1.807) is 19.1 Å². The first kappa shape index (κ1) is 19.6. The Morgan fingerprint density at radius 1 is 1.27 bits per heavy atom. The van der Waals surface area contributed by atoms with Crippen molar-refractivity contribution in [3.8, 4) is 5.75 Å². The number of benzene rings is 2. The summed E-state index contributed by atoms with van der Waals surface area (Å²) >= 11 is 0. The number of para-hydroxylation sites is 1. The molecule has 4 rings (SSSR count). The predicted molar refractivity (Wildman–Crippen MR) is 106 cm³/mol. The minimum absolute atomic E-state index is 0.0162. The number of ether oxygens (including phenoxy) is 1. The van der Waals surface area contributed by atoms with Gasteiger partial charge in [0.1, 0.15) is 23.8 Å². The molecular formula is C22H18FNO6. The zero-order valence-electron chi connectivity index (χ0n) is 16.1. The van der Waals surface area contributed by atoms with Gasteiger partial charge in [-0.3, -0.25) is 9.59 Å². The number of carbonyl (C=O) groups excluding carboxylic acids is 2. The highest BCUT2D eigenvalue weighted by molar-refractivity contribution is 5.99. The standard InChI is InChI=1S/C22H18FNO6/c1-12-18(25)7-6-15-14(9-20(27)30-21(12)15)11-29-22(28)13-8-19(26)24(10-13)17-5-3-2-4-16(17)23/h2-7,9,13,25H,8,10-11H2,1H3/t13-/m0/s1. The number of carbonyl (C=O) groups is 2. The van der Waals surface area contributed by atoms with Crippen LogP contribution < -0.4 is 10.5 Å². The molecule has 7 nitrogen and oxygen atoms in total. The summed E-state index contributed by atoms with van der Waals surface area (Å²) in [6.45, 7) is 1.43. The molecule has 0 bridgehead atoms. The Kier molecular flexibility index (Phi) is 4.99. The summed E-state index contributed by atoms with van der Waals surface area (Å²) in [5.74, 6) is -2.27. The van der Waals surface area contributed by atoms with E-state index in [9.17, 15) is 23.9 Å². The molecule has 154 valence electrons. The second-order valence-corrected chi connectivity index (χ2v) is 7.14. The molecule has 0 radical (unpaired) electrons. The van der Waals surface area contributed by atoms with Gasteiger partial charge in [0.2, 0.25) is 5.91 Å². The first-order valence-electron chi connectivity index (χ1n) is 9.32.